The number of nitrogens with one attached hydrogen (secondary N) is 2. The number of ether oxygens (including phenoxy) is 1. The average Bonchev–Trinajstić information content (AvgIpc) is 3.40. The minimum absolute atomic E-state index is 0.00565. The number of nitrogens with zero attached hydrogens (tertiary/aromatic N) is 3. The lowest BCUT2D eigenvalue weighted by Crippen LogP contribution is -2.29. The lowest BCUT2D eigenvalue weighted by molar-refractivity contribution is -0.119. The number of anilines is 2. The Hall–Kier alpha value is -4.01. The topological polar surface area (TPSA) is 71.4 Å². The molecular formula is C31H33N5O2S. The van der Waals surface area contributed by atoms with E-state index in [0.717, 1.165) is 22.8 Å². The molecule has 1 amide bonds. The molecule has 0 unspecified atom stereocenters. The summed E-state index contributed by atoms with van der Waals surface area (Å²) in [6.45, 7) is 8.65. The number of rotatable bonds is 7. The normalized spacial score (nSPS) is 16.8. The molecule has 5 rings (SSSR count). The van der Waals surface area contributed by atoms with E-state index in [2.05, 4.69) is 72.1 Å². The van der Waals surface area contributed by atoms with Crippen LogP contribution in [0.1, 0.15) is 45.9 Å². The zero-order valence-electron chi connectivity index (χ0n) is 22.9. The number of carbonyl (C=O) groups is 1. The summed E-state index contributed by atoms with van der Waals surface area (Å²) in [4.78, 5) is 18.8. The number of thiocarbonyl (C=S) groups is 1. The van der Waals surface area contributed by atoms with Gasteiger partial charge in [-0.25, -0.2) is 0 Å². The first-order chi connectivity index (χ1) is 18.8. The Labute approximate surface area is 234 Å². The van der Waals surface area contributed by atoms with Crippen molar-refractivity contribution < 1.29 is 9.53 Å². The van der Waals surface area contributed by atoms with Crippen molar-refractivity contribution in [2.24, 2.45) is 0 Å². The molecule has 7 nitrogen and oxygen atoms in total. The van der Waals surface area contributed by atoms with Gasteiger partial charge in [0.15, 0.2) is 5.11 Å². The third kappa shape index (κ3) is 5.05. The van der Waals surface area contributed by atoms with Crippen LogP contribution < -0.4 is 15.5 Å². The molecule has 1 aliphatic heterocycles. The van der Waals surface area contributed by atoms with Gasteiger partial charge in [-0.3, -0.25) is 9.78 Å². The Morgan fingerprint density at radius 3 is 2.38 bits per heavy atom. The van der Waals surface area contributed by atoms with Gasteiger partial charge in [-0.15, -0.1) is 0 Å². The first-order valence-corrected chi connectivity index (χ1v) is 13.4. The van der Waals surface area contributed by atoms with Gasteiger partial charge in [0.1, 0.15) is 6.61 Å². The van der Waals surface area contributed by atoms with Gasteiger partial charge in [-0.1, -0.05) is 24.3 Å². The number of amides is 1. The summed E-state index contributed by atoms with van der Waals surface area (Å²) in [6, 6.07) is 22.1. The van der Waals surface area contributed by atoms with Gasteiger partial charge < -0.3 is 24.8 Å². The van der Waals surface area contributed by atoms with E-state index in [1.165, 1.54) is 29.5 Å². The van der Waals surface area contributed by atoms with E-state index in [4.69, 9.17) is 21.9 Å². The van der Waals surface area contributed by atoms with Gasteiger partial charge in [-0.2, -0.15) is 0 Å². The van der Waals surface area contributed by atoms with Crippen LogP contribution in [0.4, 0.5) is 11.4 Å². The van der Waals surface area contributed by atoms with Crippen LogP contribution in [-0.2, 0) is 9.53 Å². The van der Waals surface area contributed by atoms with Crippen molar-refractivity contribution >= 4 is 34.6 Å². The molecular weight excluding hydrogens is 506 g/mol. The molecule has 2 N–H and O–H groups in total. The van der Waals surface area contributed by atoms with E-state index >= 15 is 0 Å². The molecule has 1 saturated heterocycles. The SMILES string of the molecule is COCC(=O)Nc1ccc(N2C(=S)N[C@H](c3ccccn3)[C@@H]2c2cc(C)n(-c3c(C)cccc3C)c2C)cc1. The Bertz CT molecular complexity index is 1490. The second-order valence-electron chi connectivity index (χ2n) is 9.93. The highest BCUT2D eigenvalue weighted by atomic mass is 32.1. The number of aryl methyl sites for hydroxylation is 3. The summed E-state index contributed by atoms with van der Waals surface area (Å²) in [5.41, 5.74) is 9.72. The van der Waals surface area contributed by atoms with E-state index < -0.39 is 0 Å². The highest BCUT2D eigenvalue weighted by molar-refractivity contribution is 7.80. The minimum atomic E-state index is -0.198. The van der Waals surface area contributed by atoms with Gasteiger partial charge >= 0.3 is 0 Å². The van der Waals surface area contributed by atoms with Crippen molar-refractivity contribution in [3.05, 3.63) is 107 Å². The molecule has 0 saturated carbocycles. The summed E-state index contributed by atoms with van der Waals surface area (Å²) in [7, 11) is 1.50. The highest BCUT2D eigenvalue weighted by Crippen LogP contribution is 2.44. The molecule has 8 heteroatoms. The van der Waals surface area contributed by atoms with Gasteiger partial charge in [0.05, 0.1) is 23.5 Å². The van der Waals surface area contributed by atoms with Crippen LogP contribution in [-0.4, -0.2) is 34.3 Å². The van der Waals surface area contributed by atoms with E-state index in [-0.39, 0.29) is 24.6 Å². The fraction of sp³-hybridized carbons (Fsp3) is 0.258. The number of para-hydroxylation sites is 1. The van der Waals surface area contributed by atoms with Crippen LogP contribution in [0.5, 0.6) is 0 Å². The molecule has 2 aromatic carbocycles. The quantitative estimate of drug-likeness (QED) is 0.286. The van der Waals surface area contributed by atoms with Crippen LogP contribution in [0.25, 0.3) is 5.69 Å². The number of carbonyl (C=O) groups excluding carboxylic acids is 1. The maximum absolute atomic E-state index is 12.0. The van der Waals surface area contributed by atoms with Crippen LogP contribution in [0.15, 0.2) is 72.9 Å². The summed E-state index contributed by atoms with van der Waals surface area (Å²) in [5.74, 6) is -0.198. The van der Waals surface area contributed by atoms with Gasteiger partial charge in [0.2, 0.25) is 5.91 Å². The molecule has 2 aromatic heterocycles. The van der Waals surface area contributed by atoms with Crippen LogP contribution in [0.2, 0.25) is 0 Å². The molecule has 0 bridgehead atoms. The van der Waals surface area contributed by atoms with Crippen molar-refractivity contribution in [3.8, 4) is 5.69 Å². The molecule has 0 aliphatic carbocycles. The smallest absolute Gasteiger partial charge is 0.250 e. The number of benzene rings is 2. The molecule has 1 fully saturated rings. The number of hydrogen-bond acceptors (Lipinski definition) is 4. The maximum atomic E-state index is 12.0. The van der Waals surface area contributed by atoms with E-state index in [9.17, 15) is 4.79 Å². The molecule has 0 spiro atoms. The molecule has 2 atom stereocenters. The van der Waals surface area contributed by atoms with Crippen molar-refractivity contribution in [1.82, 2.24) is 14.9 Å². The second-order valence-corrected chi connectivity index (χ2v) is 10.3. The summed E-state index contributed by atoms with van der Waals surface area (Å²) in [6.07, 6.45) is 1.82. The van der Waals surface area contributed by atoms with E-state index in [1.807, 2.05) is 48.7 Å². The largest absolute Gasteiger partial charge is 0.375 e. The minimum Gasteiger partial charge on any atom is -0.375 e. The molecule has 39 heavy (non-hydrogen) atoms. The van der Waals surface area contributed by atoms with Crippen LogP contribution >= 0.6 is 12.2 Å². The van der Waals surface area contributed by atoms with E-state index in [1.54, 1.807) is 0 Å². The molecule has 0 radical (unpaired) electrons. The zero-order chi connectivity index (χ0) is 27.7. The van der Waals surface area contributed by atoms with Gasteiger partial charge in [0, 0.05) is 36.1 Å². The van der Waals surface area contributed by atoms with E-state index in [0.29, 0.717) is 10.8 Å². The molecule has 3 heterocycles. The maximum Gasteiger partial charge on any atom is 0.250 e. The Morgan fingerprint density at radius 1 is 1.03 bits per heavy atom. The van der Waals surface area contributed by atoms with Crippen molar-refractivity contribution in [2.45, 2.75) is 39.8 Å². The number of methoxy groups -OCH3 is 1. The van der Waals surface area contributed by atoms with Crippen LogP contribution in [0, 0.1) is 27.7 Å². The molecule has 1 aliphatic rings. The van der Waals surface area contributed by atoms with Crippen molar-refractivity contribution in [2.75, 3.05) is 23.9 Å². The Morgan fingerprint density at radius 2 is 1.74 bits per heavy atom. The Kier molecular flexibility index (Phi) is 7.50. The van der Waals surface area contributed by atoms with Crippen LogP contribution in [0.3, 0.4) is 0 Å². The summed E-state index contributed by atoms with van der Waals surface area (Å²) in [5, 5.41) is 7.03. The monoisotopic (exact) mass is 539 g/mol. The number of hydrogen-bond donors (Lipinski definition) is 2. The van der Waals surface area contributed by atoms with Gasteiger partial charge in [0.25, 0.3) is 0 Å². The first-order valence-electron chi connectivity index (χ1n) is 12.9. The lowest BCUT2D eigenvalue weighted by atomic mass is 9.96. The summed E-state index contributed by atoms with van der Waals surface area (Å²) < 4.78 is 7.28. The first kappa shape index (κ1) is 26.6. The Balaban J connectivity index is 1.61. The predicted molar refractivity (Wildman–Crippen MR) is 160 cm³/mol. The summed E-state index contributed by atoms with van der Waals surface area (Å²) >= 11 is 5.93. The van der Waals surface area contributed by atoms with Crippen molar-refractivity contribution in [1.29, 1.82) is 0 Å². The predicted octanol–water partition coefficient (Wildman–Crippen LogP) is 5.87. The van der Waals surface area contributed by atoms with Gasteiger partial charge in [-0.05, 0) is 99.1 Å². The second kappa shape index (κ2) is 11.0. The molecule has 200 valence electrons. The lowest BCUT2D eigenvalue weighted by Gasteiger charge is -2.28. The zero-order valence-corrected chi connectivity index (χ0v) is 23.7. The fourth-order valence-corrected chi connectivity index (χ4v) is 5.92. The third-order valence-electron chi connectivity index (χ3n) is 7.25. The molecule has 4 aromatic rings. The number of pyridine rings is 1. The highest BCUT2D eigenvalue weighted by Gasteiger charge is 2.42. The average molecular weight is 540 g/mol. The standard InChI is InChI=1S/C31H33N5O2S/c1-19-9-8-10-20(2)29(19)35-21(3)17-25(22(35)4)30-28(26-11-6-7-16-32-26)34-31(39)36(30)24-14-12-23(13-15-24)33-27(37)18-38-5/h6-17,28,30H,18H2,1-5H3,(H,33,37)(H,34,39)/t28-,30+/m1/s1. The van der Waals surface area contributed by atoms with Crippen molar-refractivity contribution in [3.63, 3.8) is 0 Å². The fourth-order valence-electron chi connectivity index (χ4n) is 5.57. The third-order valence-corrected chi connectivity index (χ3v) is 7.57. The number of aromatic nitrogens is 2.